The van der Waals surface area contributed by atoms with E-state index in [1.54, 1.807) is 23.0 Å². The number of benzene rings is 1. The Bertz CT molecular complexity index is 1040. The highest BCUT2D eigenvalue weighted by Crippen LogP contribution is 2.19. The van der Waals surface area contributed by atoms with Crippen LogP contribution in [-0.4, -0.2) is 26.9 Å². The van der Waals surface area contributed by atoms with Gasteiger partial charge in [0.2, 0.25) is 0 Å². The Balaban J connectivity index is 1.59. The predicted molar refractivity (Wildman–Crippen MR) is 104 cm³/mol. The third-order valence-corrected chi connectivity index (χ3v) is 4.92. The number of aromatic nitrogens is 2. The molecule has 3 heterocycles. The molecule has 2 aromatic heterocycles. The van der Waals surface area contributed by atoms with Gasteiger partial charge in [0.1, 0.15) is 0 Å². The number of rotatable bonds is 3. The molecule has 0 saturated carbocycles. The van der Waals surface area contributed by atoms with Gasteiger partial charge < -0.3 is 9.47 Å². The van der Waals surface area contributed by atoms with Crippen LogP contribution >= 0.6 is 0 Å². The summed E-state index contributed by atoms with van der Waals surface area (Å²) in [6.07, 6.45) is 5.95. The van der Waals surface area contributed by atoms with Crippen LogP contribution < -0.4 is 5.56 Å². The second-order valence-electron chi connectivity index (χ2n) is 7.00. The number of hydrogen-bond donors (Lipinski definition) is 0. The van der Waals surface area contributed by atoms with Crippen molar-refractivity contribution in [3.63, 3.8) is 0 Å². The lowest BCUT2D eigenvalue weighted by Gasteiger charge is -2.29. The first kappa shape index (κ1) is 17.2. The van der Waals surface area contributed by atoms with Gasteiger partial charge in [-0.05, 0) is 41.7 Å². The maximum Gasteiger partial charge on any atom is 0.255 e. The van der Waals surface area contributed by atoms with Crippen molar-refractivity contribution in [2.45, 2.75) is 26.4 Å². The fourth-order valence-corrected chi connectivity index (χ4v) is 3.51. The minimum Gasteiger partial charge on any atom is -0.334 e. The Labute approximate surface area is 157 Å². The SMILES string of the molecule is Cc1cncc(C(=O)N2CCc3cc(=O)n(Cc4ccccc4)cc3C2)c1. The summed E-state index contributed by atoms with van der Waals surface area (Å²) in [4.78, 5) is 31.2. The molecule has 1 aliphatic rings. The molecule has 5 nitrogen and oxygen atoms in total. The van der Waals surface area contributed by atoms with Crippen molar-refractivity contribution in [3.05, 3.63) is 99.2 Å². The van der Waals surface area contributed by atoms with Gasteiger partial charge in [0.05, 0.1) is 12.1 Å². The Morgan fingerprint density at radius 3 is 2.70 bits per heavy atom. The molecule has 1 aliphatic heterocycles. The van der Waals surface area contributed by atoms with Crippen molar-refractivity contribution < 1.29 is 4.79 Å². The lowest BCUT2D eigenvalue weighted by atomic mass is 10.0. The Morgan fingerprint density at radius 2 is 1.93 bits per heavy atom. The van der Waals surface area contributed by atoms with Crippen LogP contribution in [-0.2, 0) is 19.5 Å². The predicted octanol–water partition coefficient (Wildman–Crippen LogP) is 2.80. The summed E-state index contributed by atoms with van der Waals surface area (Å²) < 4.78 is 1.72. The summed E-state index contributed by atoms with van der Waals surface area (Å²) >= 11 is 0. The minimum absolute atomic E-state index is 0.000244. The average Bonchev–Trinajstić information content (AvgIpc) is 2.68. The number of carbonyl (C=O) groups excluding carboxylic acids is 1. The maximum absolute atomic E-state index is 12.8. The van der Waals surface area contributed by atoms with Crippen molar-refractivity contribution in [2.24, 2.45) is 0 Å². The Morgan fingerprint density at radius 1 is 1.11 bits per heavy atom. The van der Waals surface area contributed by atoms with Crippen LogP contribution in [0.2, 0.25) is 0 Å². The molecule has 0 spiro atoms. The molecule has 0 saturated heterocycles. The number of carbonyl (C=O) groups is 1. The number of aryl methyl sites for hydroxylation is 1. The van der Waals surface area contributed by atoms with Crippen LogP contribution in [0.5, 0.6) is 0 Å². The lowest BCUT2D eigenvalue weighted by molar-refractivity contribution is 0.0733. The zero-order valence-corrected chi connectivity index (χ0v) is 15.3. The molecule has 1 amide bonds. The van der Waals surface area contributed by atoms with Crippen LogP contribution in [0.4, 0.5) is 0 Å². The summed E-state index contributed by atoms with van der Waals surface area (Å²) in [5, 5.41) is 0. The van der Waals surface area contributed by atoms with E-state index in [2.05, 4.69) is 4.98 Å². The average molecular weight is 359 g/mol. The summed E-state index contributed by atoms with van der Waals surface area (Å²) in [6.45, 7) is 3.58. The number of pyridine rings is 2. The van der Waals surface area contributed by atoms with E-state index in [0.29, 0.717) is 31.6 Å². The summed E-state index contributed by atoms with van der Waals surface area (Å²) in [5.74, 6) is -0.0161. The van der Waals surface area contributed by atoms with Gasteiger partial charge in [-0.15, -0.1) is 0 Å². The van der Waals surface area contributed by atoms with Crippen molar-refractivity contribution >= 4 is 5.91 Å². The van der Waals surface area contributed by atoms with Crippen molar-refractivity contribution in [1.82, 2.24) is 14.5 Å². The molecule has 0 unspecified atom stereocenters. The number of hydrogen-bond acceptors (Lipinski definition) is 3. The van der Waals surface area contributed by atoms with Crippen molar-refractivity contribution in [3.8, 4) is 0 Å². The minimum atomic E-state index is -0.0161. The van der Waals surface area contributed by atoms with E-state index < -0.39 is 0 Å². The quantitative estimate of drug-likeness (QED) is 0.723. The van der Waals surface area contributed by atoms with E-state index in [-0.39, 0.29) is 11.5 Å². The molecule has 0 fully saturated rings. The van der Waals surface area contributed by atoms with Gasteiger partial charge in [0, 0.05) is 37.7 Å². The highest BCUT2D eigenvalue weighted by atomic mass is 16.2. The number of nitrogens with zero attached hydrogens (tertiary/aromatic N) is 3. The Hall–Kier alpha value is -3.21. The topological polar surface area (TPSA) is 55.2 Å². The molecule has 0 radical (unpaired) electrons. The summed E-state index contributed by atoms with van der Waals surface area (Å²) in [5.41, 5.74) is 4.72. The molecule has 27 heavy (non-hydrogen) atoms. The van der Waals surface area contributed by atoms with E-state index in [1.807, 2.05) is 54.4 Å². The van der Waals surface area contributed by atoms with Gasteiger partial charge in [-0.25, -0.2) is 0 Å². The number of amides is 1. The molecule has 5 heteroatoms. The fourth-order valence-electron chi connectivity index (χ4n) is 3.51. The normalized spacial score (nSPS) is 13.3. The second-order valence-corrected chi connectivity index (χ2v) is 7.00. The van der Waals surface area contributed by atoms with Crippen molar-refractivity contribution in [2.75, 3.05) is 6.54 Å². The first-order valence-electron chi connectivity index (χ1n) is 9.07. The first-order chi connectivity index (χ1) is 13.1. The molecule has 0 bridgehead atoms. The molecule has 1 aromatic carbocycles. The first-order valence-corrected chi connectivity index (χ1v) is 9.07. The Kier molecular flexibility index (Phi) is 4.59. The molecule has 136 valence electrons. The molecule has 0 aliphatic carbocycles. The zero-order valence-electron chi connectivity index (χ0n) is 15.3. The molecule has 0 atom stereocenters. The zero-order chi connectivity index (χ0) is 18.8. The van der Waals surface area contributed by atoms with Crippen LogP contribution in [0, 0.1) is 6.92 Å². The molecule has 3 aromatic rings. The number of fused-ring (bicyclic) bond motifs is 1. The largest absolute Gasteiger partial charge is 0.334 e. The molecule has 0 N–H and O–H groups in total. The van der Waals surface area contributed by atoms with Crippen LogP contribution in [0.15, 0.2) is 65.8 Å². The summed E-state index contributed by atoms with van der Waals surface area (Å²) in [6, 6.07) is 13.5. The van der Waals surface area contributed by atoms with Gasteiger partial charge in [0.25, 0.3) is 11.5 Å². The van der Waals surface area contributed by atoms with Gasteiger partial charge in [0.15, 0.2) is 0 Å². The van der Waals surface area contributed by atoms with Gasteiger partial charge >= 0.3 is 0 Å². The van der Waals surface area contributed by atoms with Crippen LogP contribution in [0.3, 0.4) is 0 Å². The van der Waals surface area contributed by atoms with Crippen molar-refractivity contribution in [1.29, 1.82) is 0 Å². The van der Waals surface area contributed by atoms with E-state index in [4.69, 9.17) is 0 Å². The van der Waals surface area contributed by atoms with E-state index in [9.17, 15) is 9.59 Å². The highest BCUT2D eigenvalue weighted by molar-refractivity contribution is 5.94. The fraction of sp³-hybridized carbons (Fsp3) is 0.227. The standard InChI is InChI=1S/C22H21N3O2/c1-16-9-19(12-23-11-16)22(27)24-8-7-18-10-21(26)25(15-20(18)14-24)13-17-5-3-2-4-6-17/h2-6,9-12,15H,7-8,13-14H2,1H3. The molecular formula is C22H21N3O2. The van der Waals surface area contributed by atoms with E-state index in [0.717, 1.165) is 22.3 Å². The second kappa shape index (κ2) is 7.19. The van der Waals surface area contributed by atoms with Crippen LogP contribution in [0.25, 0.3) is 0 Å². The third-order valence-electron chi connectivity index (χ3n) is 4.92. The lowest BCUT2D eigenvalue weighted by Crippen LogP contribution is -2.37. The maximum atomic E-state index is 12.8. The smallest absolute Gasteiger partial charge is 0.255 e. The van der Waals surface area contributed by atoms with Gasteiger partial charge in [-0.3, -0.25) is 14.6 Å². The van der Waals surface area contributed by atoms with E-state index >= 15 is 0 Å². The third kappa shape index (κ3) is 3.67. The van der Waals surface area contributed by atoms with E-state index in [1.165, 1.54) is 0 Å². The highest BCUT2D eigenvalue weighted by Gasteiger charge is 2.23. The monoisotopic (exact) mass is 359 g/mol. The van der Waals surface area contributed by atoms with Crippen LogP contribution in [0.1, 0.15) is 32.6 Å². The summed E-state index contributed by atoms with van der Waals surface area (Å²) in [7, 11) is 0. The molecule has 4 rings (SSSR count). The van der Waals surface area contributed by atoms with Gasteiger partial charge in [-0.1, -0.05) is 30.3 Å². The molecular weight excluding hydrogens is 338 g/mol. The van der Waals surface area contributed by atoms with Gasteiger partial charge in [-0.2, -0.15) is 0 Å².